The number of amides is 1. The van der Waals surface area contributed by atoms with Crippen LogP contribution < -0.4 is 10.8 Å². The van der Waals surface area contributed by atoms with E-state index in [4.69, 9.17) is 4.74 Å². The van der Waals surface area contributed by atoms with Crippen molar-refractivity contribution in [3.05, 3.63) is 47.5 Å². The van der Waals surface area contributed by atoms with Crippen LogP contribution in [0.15, 0.2) is 41.9 Å². The van der Waals surface area contributed by atoms with Gasteiger partial charge in [-0.3, -0.25) is 5.32 Å². The van der Waals surface area contributed by atoms with Crippen molar-refractivity contribution in [3.63, 3.8) is 0 Å². The molecule has 0 radical (unpaired) electrons. The summed E-state index contributed by atoms with van der Waals surface area (Å²) in [6.07, 6.45) is 1.21. The fourth-order valence-electron chi connectivity index (χ4n) is 1.03. The average molecular weight is 268 g/mol. The maximum absolute atomic E-state index is 11.1. The van der Waals surface area contributed by atoms with Gasteiger partial charge in [0.2, 0.25) is 0 Å². The fraction of sp³-hybridized carbons (Fsp3) is 0.250. The second-order valence-corrected chi connectivity index (χ2v) is 4.18. The number of carbonyl (C=O) groups is 1. The first-order chi connectivity index (χ1) is 8.72. The number of hydrogen-bond donors (Lipinski definition) is 2. The summed E-state index contributed by atoms with van der Waals surface area (Å²) in [6, 6.07) is 9.69. The minimum Gasteiger partial charge on any atom is -0.356 e. The Labute approximate surface area is 110 Å². The lowest BCUT2D eigenvalue weighted by Gasteiger charge is -2.08. The number of hydrogen-bond acceptors (Lipinski definition) is 5. The molecule has 0 aliphatic rings. The van der Waals surface area contributed by atoms with Crippen LogP contribution in [-0.4, -0.2) is 19.1 Å². The standard InChI is InChI=1S/C12H16N2O3S/c1-10(18-2)14-17-12(15)13-9-16-8-11-6-4-3-5-7-11/h3-7,14H,1,8-9H2,2H3,(H,13,15). The van der Waals surface area contributed by atoms with Gasteiger partial charge in [-0.05, 0) is 11.8 Å². The Balaban J connectivity index is 2.07. The van der Waals surface area contributed by atoms with E-state index in [1.807, 2.05) is 36.6 Å². The van der Waals surface area contributed by atoms with Gasteiger partial charge in [-0.2, -0.15) is 0 Å². The van der Waals surface area contributed by atoms with Crippen molar-refractivity contribution in [1.82, 2.24) is 10.8 Å². The van der Waals surface area contributed by atoms with E-state index in [0.29, 0.717) is 11.6 Å². The quantitative estimate of drug-likeness (QED) is 0.451. The summed E-state index contributed by atoms with van der Waals surface area (Å²) >= 11 is 1.35. The molecule has 18 heavy (non-hydrogen) atoms. The summed E-state index contributed by atoms with van der Waals surface area (Å²) in [5, 5.41) is 2.99. The molecular weight excluding hydrogens is 252 g/mol. The van der Waals surface area contributed by atoms with E-state index in [1.165, 1.54) is 11.8 Å². The highest BCUT2D eigenvalue weighted by Crippen LogP contribution is 2.02. The zero-order chi connectivity index (χ0) is 13.2. The first-order valence-electron chi connectivity index (χ1n) is 5.27. The van der Waals surface area contributed by atoms with Crippen LogP contribution in [-0.2, 0) is 16.2 Å². The van der Waals surface area contributed by atoms with Crippen molar-refractivity contribution in [1.29, 1.82) is 0 Å². The van der Waals surface area contributed by atoms with E-state index in [0.717, 1.165) is 5.56 Å². The third kappa shape index (κ3) is 6.17. The van der Waals surface area contributed by atoms with Gasteiger partial charge >= 0.3 is 6.09 Å². The summed E-state index contributed by atoms with van der Waals surface area (Å²) in [5.41, 5.74) is 3.43. The highest BCUT2D eigenvalue weighted by Gasteiger charge is 2.01. The summed E-state index contributed by atoms with van der Waals surface area (Å²) in [7, 11) is 0. The van der Waals surface area contributed by atoms with Crippen LogP contribution >= 0.6 is 11.8 Å². The number of thioether (sulfide) groups is 1. The molecule has 0 aliphatic carbocycles. The van der Waals surface area contributed by atoms with E-state index < -0.39 is 6.09 Å². The summed E-state index contributed by atoms with van der Waals surface area (Å²) in [6.45, 7) is 4.12. The van der Waals surface area contributed by atoms with Gasteiger partial charge in [0.25, 0.3) is 0 Å². The molecule has 98 valence electrons. The molecule has 2 N–H and O–H groups in total. The molecule has 1 aromatic carbocycles. The van der Waals surface area contributed by atoms with Gasteiger partial charge < -0.3 is 9.57 Å². The van der Waals surface area contributed by atoms with E-state index in [1.54, 1.807) is 0 Å². The van der Waals surface area contributed by atoms with Crippen molar-refractivity contribution in [2.45, 2.75) is 6.61 Å². The van der Waals surface area contributed by atoms with Crippen LogP contribution in [0.2, 0.25) is 0 Å². The molecule has 0 saturated heterocycles. The zero-order valence-electron chi connectivity index (χ0n) is 10.1. The van der Waals surface area contributed by atoms with Crippen molar-refractivity contribution < 1.29 is 14.4 Å². The van der Waals surface area contributed by atoms with Gasteiger partial charge in [-0.15, -0.1) is 11.8 Å². The number of carbonyl (C=O) groups excluding carboxylic acids is 1. The monoisotopic (exact) mass is 268 g/mol. The molecule has 6 heteroatoms. The molecule has 0 spiro atoms. The summed E-state index contributed by atoms with van der Waals surface area (Å²) in [5.74, 6) is 0. The number of nitrogens with one attached hydrogen (secondary N) is 2. The number of benzene rings is 1. The maximum Gasteiger partial charge on any atom is 0.433 e. The normalized spacial score (nSPS) is 9.61. The van der Waals surface area contributed by atoms with Gasteiger partial charge in [0.1, 0.15) is 6.73 Å². The number of ether oxygens (including phenoxy) is 1. The molecule has 5 nitrogen and oxygen atoms in total. The molecular formula is C12H16N2O3S. The van der Waals surface area contributed by atoms with Gasteiger partial charge in [-0.1, -0.05) is 36.9 Å². The fourth-order valence-corrected chi connectivity index (χ4v) is 1.16. The third-order valence-electron chi connectivity index (χ3n) is 1.93. The van der Waals surface area contributed by atoms with Gasteiger partial charge in [0.15, 0.2) is 0 Å². The van der Waals surface area contributed by atoms with E-state index >= 15 is 0 Å². The van der Waals surface area contributed by atoms with Gasteiger partial charge in [-0.25, -0.2) is 10.3 Å². The number of rotatable bonds is 7. The average Bonchev–Trinajstić information content (AvgIpc) is 2.42. The lowest BCUT2D eigenvalue weighted by atomic mass is 10.2. The van der Waals surface area contributed by atoms with Crippen molar-refractivity contribution in [2.24, 2.45) is 0 Å². The van der Waals surface area contributed by atoms with E-state index in [2.05, 4.69) is 22.2 Å². The minimum absolute atomic E-state index is 0.0845. The second-order valence-electron chi connectivity index (χ2n) is 3.27. The molecule has 1 amide bonds. The molecule has 0 bridgehead atoms. The van der Waals surface area contributed by atoms with Crippen molar-refractivity contribution >= 4 is 17.9 Å². The molecule has 0 fully saturated rings. The molecule has 0 aliphatic heterocycles. The van der Waals surface area contributed by atoms with Gasteiger partial charge in [0.05, 0.1) is 11.6 Å². The lowest BCUT2D eigenvalue weighted by Crippen LogP contribution is -2.31. The molecule has 0 aromatic heterocycles. The Morgan fingerprint density at radius 1 is 1.39 bits per heavy atom. The third-order valence-corrected chi connectivity index (χ3v) is 2.51. The topological polar surface area (TPSA) is 59.6 Å². The molecule has 0 atom stereocenters. The van der Waals surface area contributed by atoms with Crippen molar-refractivity contribution in [2.75, 3.05) is 13.0 Å². The maximum atomic E-state index is 11.1. The number of hydroxylamine groups is 1. The van der Waals surface area contributed by atoms with E-state index in [9.17, 15) is 4.79 Å². The Kier molecular flexibility index (Phi) is 6.75. The predicted molar refractivity (Wildman–Crippen MR) is 71.5 cm³/mol. The largest absolute Gasteiger partial charge is 0.433 e. The SMILES string of the molecule is C=C(NOC(=O)NCOCc1ccccc1)SC. The predicted octanol–water partition coefficient (Wildman–Crippen LogP) is 2.23. The van der Waals surface area contributed by atoms with Crippen LogP contribution in [0.25, 0.3) is 0 Å². The Morgan fingerprint density at radius 3 is 2.78 bits per heavy atom. The highest BCUT2D eigenvalue weighted by atomic mass is 32.2. The zero-order valence-corrected chi connectivity index (χ0v) is 11.0. The Bertz CT molecular complexity index is 384. The summed E-state index contributed by atoms with van der Waals surface area (Å²) in [4.78, 5) is 15.8. The van der Waals surface area contributed by atoms with Gasteiger partial charge in [0, 0.05) is 0 Å². The summed E-state index contributed by atoms with van der Waals surface area (Å²) < 4.78 is 5.26. The van der Waals surface area contributed by atoms with Crippen LogP contribution in [0.4, 0.5) is 4.79 Å². The van der Waals surface area contributed by atoms with Crippen molar-refractivity contribution in [3.8, 4) is 0 Å². The minimum atomic E-state index is -0.613. The molecule has 1 aromatic rings. The van der Waals surface area contributed by atoms with Crippen LogP contribution in [0.5, 0.6) is 0 Å². The van der Waals surface area contributed by atoms with Crippen LogP contribution in [0, 0.1) is 0 Å². The highest BCUT2D eigenvalue weighted by molar-refractivity contribution is 8.02. The molecule has 1 rings (SSSR count). The Morgan fingerprint density at radius 2 is 2.11 bits per heavy atom. The molecule has 0 saturated carbocycles. The first kappa shape index (κ1) is 14.4. The van der Waals surface area contributed by atoms with Crippen LogP contribution in [0.1, 0.15) is 5.56 Å². The first-order valence-corrected chi connectivity index (χ1v) is 6.50. The molecule has 0 unspecified atom stereocenters. The second kappa shape index (κ2) is 8.43. The lowest BCUT2D eigenvalue weighted by molar-refractivity contribution is 0.0723. The molecule has 0 heterocycles. The smallest absolute Gasteiger partial charge is 0.356 e. The van der Waals surface area contributed by atoms with Crippen LogP contribution in [0.3, 0.4) is 0 Å². The Hall–Kier alpha value is -1.66. The van der Waals surface area contributed by atoms with E-state index in [-0.39, 0.29) is 6.73 Å².